The van der Waals surface area contributed by atoms with E-state index in [1.54, 1.807) is 6.92 Å². The highest BCUT2D eigenvalue weighted by Crippen LogP contribution is 2.35. The van der Waals surface area contributed by atoms with Crippen molar-refractivity contribution in [3.63, 3.8) is 0 Å². The molecule has 2 heterocycles. The number of amides is 1. The number of esters is 1. The number of ether oxygens (including phenoxy) is 2. The minimum Gasteiger partial charge on any atom is -0.479 e. The average molecular weight is 517 g/mol. The molecule has 3 aromatic rings. The Morgan fingerprint density at radius 1 is 1.00 bits per heavy atom. The minimum atomic E-state index is -2.33. The predicted octanol–water partition coefficient (Wildman–Crippen LogP) is 5.56. The lowest BCUT2D eigenvalue weighted by Crippen LogP contribution is -2.14. The van der Waals surface area contributed by atoms with Crippen LogP contribution < -0.4 is 10.1 Å². The van der Waals surface area contributed by atoms with E-state index in [2.05, 4.69) is 10.1 Å². The van der Waals surface area contributed by atoms with E-state index in [9.17, 15) is 36.3 Å². The van der Waals surface area contributed by atoms with Crippen molar-refractivity contribution in [2.45, 2.75) is 27.4 Å². The van der Waals surface area contributed by atoms with Crippen molar-refractivity contribution < 1.29 is 50.2 Å². The van der Waals surface area contributed by atoms with Gasteiger partial charge in [0, 0.05) is 0 Å². The van der Waals surface area contributed by atoms with Crippen molar-refractivity contribution in [1.82, 2.24) is 0 Å². The second kappa shape index (κ2) is 10.3. The molecule has 0 unspecified atom stereocenters. The van der Waals surface area contributed by atoms with Crippen molar-refractivity contribution in [2.75, 3.05) is 11.9 Å². The molecule has 186 valence electrons. The Kier molecular flexibility index (Phi) is 7.58. The molecule has 0 radical (unpaired) electrons. The summed E-state index contributed by atoms with van der Waals surface area (Å²) in [4.78, 5) is 37.1. The largest absolute Gasteiger partial charge is 0.479 e. The number of ketones is 1. The SMILES string of the molecule is CCOC(=O)c1c(NC(=O)c2ccc(COc3c(F)c(F)c(F)c(F)c3F)o2)sc(C(C)=O)c1C. The normalized spacial score (nSPS) is 10.9. The Balaban J connectivity index is 1.80. The Labute approximate surface area is 198 Å². The highest BCUT2D eigenvalue weighted by molar-refractivity contribution is 7.18. The lowest BCUT2D eigenvalue weighted by Gasteiger charge is -2.09. The molecule has 0 aliphatic carbocycles. The molecule has 2 aromatic heterocycles. The van der Waals surface area contributed by atoms with E-state index in [1.807, 2.05) is 0 Å². The van der Waals surface area contributed by atoms with Gasteiger partial charge in [-0.2, -0.15) is 8.78 Å². The zero-order chi connectivity index (χ0) is 26.0. The van der Waals surface area contributed by atoms with E-state index in [-0.39, 0.29) is 39.4 Å². The number of halogens is 5. The number of benzene rings is 1. The summed E-state index contributed by atoms with van der Waals surface area (Å²) in [6, 6.07) is 2.33. The van der Waals surface area contributed by atoms with Gasteiger partial charge in [-0.1, -0.05) is 0 Å². The van der Waals surface area contributed by atoms with E-state index >= 15 is 0 Å². The first kappa shape index (κ1) is 25.9. The van der Waals surface area contributed by atoms with Crippen molar-refractivity contribution in [3.05, 3.63) is 68.7 Å². The monoisotopic (exact) mass is 517 g/mol. The van der Waals surface area contributed by atoms with Gasteiger partial charge in [-0.15, -0.1) is 11.3 Å². The van der Waals surface area contributed by atoms with Crippen LogP contribution in [0.2, 0.25) is 0 Å². The van der Waals surface area contributed by atoms with Crippen LogP contribution in [-0.2, 0) is 11.3 Å². The summed E-state index contributed by atoms with van der Waals surface area (Å²) in [6.07, 6.45) is 0. The van der Waals surface area contributed by atoms with Crippen LogP contribution in [0.1, 0.15) is 55.8 Å². The molecule has 3 rings (SSSR count). The highest BCUT2D eigenvalue weighted by atomic mass is 32.1. The predicted molar refractivity (Wildman–Crippen MR) is 112 cm³/mol. The topological polar surface area (TPSA) is 94.8 Å². The van der Waals surface area contributed by atoms with E-state index in [0.717, 1.165) is 17.4 Å². The van der Waals surface area contributed by atoms with Gasteiger partial charge in [-0.3, -0.25) is 9.59 Å². The van der Waals surface area contributed by atoms with Gasteiger partial charge in [0.05, 0.1) is 17.0 Å². The van der Waals surface area contributed by atoms with E-state index in [1.165, 1.54) is 19.9 Å². The van der Waals surface area contributed by atoms with Crippen LogP contribution in [0.15, 0.2) is 16.5 Å². The molecule has 0 saturated carbocycles. The average Bonchev–Trinajstić information content (AvgIpc) is 3.41. The fourth-order valence-corrected chi connectivity index (χ4v) is 4.07. The maximum Gasteiger partial charge on any atom is 0.341 e. The molecule has 0 bridgehead atoms. The first-order valence-electron chi connectivity index (χ1n) is 9.83. The molecule has 0 fully saturated rings. The molecule has 1 amide bonds. The third kappa shape index (κ3) is 5.04. The first-order chi connectivity index (χ1) is 16.5. The maximum absolute atomic E-state index is 13.7. The fourth-order valence-electron chi connectivity index (χ4n) is 2.98. The minimum absolute atomic E-state index is 0.00294. The molecule has 1 aromatic carbocycles. The van der Waals surface area contributed by atoms with Crippen molar-refractivity contribution in [1.29, 1.82) is 0 Å². The number of hydrogen-bond acceptors (Lipinski definition) is 7. The van der Waals surface area contributed by atoms with Crippen LogP contribution in [0.3, 0.4) is 0 Å². The van der Waals surface area contributed by atoms with E-state index < -0.39 is 53.3 Å². The number of hydrogen-bond donors (Lipinski definition) is 1. The standard InChI is InChI=1S/C22H16F5NO6S/c1-4-32-22(31)12-8(2)19(9(3)29)35-21(12)28-20(30)11-6-5-10(34-11)7-33-18-16(26)14(24)13(23)15(25)17(18)27/h5-6H,4,7H2,1-3H3,(H,28,30). The third-order valence-corrected chi connectivity index (χ3v) is 5.89. The summed E-state index contributed by atoms with van der Waals surface area (Å²) in [5, 5.41) is 2.47. The quantitative estimate of drug-likeness (QED) is 0.138. The second-order valence-corrected chi connectivity index (χ2v) is 7.97. The van der Waals surface area contributed by atoms with Gasteiger partial charge in [0.2, 0.25) is 29.1 Å². The Hall–Kier alpha value is -3.74. The van der Waals surface area contributed by atoms with Gasteiger partial charge in [0.15, 0.2) is 17.3 Å². The molecule has 0 atom stereocenters. The van der Waals surface area contributed by atoms with Crippen molar-refractivity contribution in [2.24, 2.45) is 0 Å². The van der Waals surface area contributed by atoms with Gasteiger partial charge < -0.3 is 19.2 Å². The third-order valence-electron chi connectivity index (χ3n) is 4.59. The van der Waals surface area contributed by atoms with Gasteiger partial charge in [0.1, 0.15) is 17.4 Å². The Bertz CT molecular complexity index is 1300. The zero-order valence-corrected chi connectivity index (χ0v) is 19.1. The molecule has 13 heteroatoms. The number of thiophene rings is 1. The van der Waals surface area contributed by atoms with E-state index in [4.69, 9.17) is 9.15 Å². The molecule has 0 spiro atoms. The number of Topliss-reactive ketones (excluding diaryl/α,β-unsaturated/α-hetero) is 1. The number of rotatable bonds is 8. The highest BCUT2D eigenvalue weighted by Gasteiger charge is 2.28. The Morgan fingerprint density at radius 3 is 2.17 bits per heavy atom. The van der Waals surface area contributed by atoms with Crippen LogP contribution in [0, 0.1) is 36.0 Å². The molecule has 7 nitrogen and oxygen atoms in total. The van der Waals surface area contributed by atoms with Crippen LogP contribution in [0.5, 0.6) is 5.75 Å². The summed E-state index contributed by atoms with van der Waals surface area (Å²) in [7, 11) is 0. The van der Waals surface area contributed by atoms with Gasteiger partial charge in [-0.05, 0) is 38.5 Å². The summed E-state index contributed by atoms with van der Waals surface area (Å²) in [5.41, 5.74) is 0.324. The number of nitrogens with one attached hydrogen (secondary N) is 1. The van der Waals surface area contributed by atoms with Crippen LogP contribution in [0.25, 0.3) is 0 Å². The molecule has 1 N–H and O–H groups in total. The smallest absolute Gasteiger partial charge is 0.341 e. The Morgan fingerprint density at radius 2 is 1.60 bits per heavy atom. The molecule has 0 aliphatic heterocycles. The van der Waals surface area contributed by atoms with Gasteiger partial charge >= 0.3 is 5.97 Å². The lowest BCUT2D eigenvalue weighted by atomic mass is 10.1. The summed E-state index contributed by atoms with van der Waals surface area (Å²) >= 11 is 0.859. The van der Waals surface area contributed by atoms with Crippen LogP contribution in [0.4, 0.5) is 27.0 Å². The van der Waals surface area contributed by atoms with Crippen LogP contribution in [-0.4, -0.2) is 24.3 Å². The summed E-state index contributed by atoms with van der Waals surface area (Å²) < 4.78 is 82.1. The molecule has 0 saturated heterocycles. The molecule has 35 heavy (non-hydrogen) atoms. The zero-order valence-electron chi connectivity index (χ0n) is 18.3. The summed E-state index contributed by atoms with van der Waals surface area (Å²) in [6.45, 7) is 3.69. The van der Waals surface area contributed by atoms with Crippen molar-refractivity contribution in [3.8, 4) is 5.75 Å². The molecule has 0 aliphatic rings. The number of carbonyl (C=O) groups excluding carboxylic acids is 3. The first-order valence-corrected chi connectivity index (χ1v) is 10.6. The molecular formula is C22H16F5NO6S. The van der Waals surface area contributed by atoms with Gasteiger partial charge in [0.25, 0.3) is 5.91 Å². The van der Waals surface area contributed by atoms with Crippen molar-refractivity contribution >= 4 is 34.0 Å². The summed E-state index contributed by atoms with van der Waals surface area (Å²) in [5.74, 6) is -14.9. The molecular weight excluding hydrogens is 501 g/mol. The van der Waals surface area contributed by atoms with Crippen LogP contribution >= 0.6 is 11.3 Å². The lowest BCUT2D eigenvalue weighted by molar-refractivity contribution is 0.0527. The maximum atomic E-state index is 13.7. The van der Waals surface area contributed by atoms with E-state index in [0.29, 0.717) is 5.56 Å². The number of carbonyl (C=O) groups is 3. The number of furan rings is 1. The second-order valence-electron chi connectivity index (χ2n) is 6.94. The number of anilines is 1. The fraction of sp³-hybridized carbons (Fsp3) is 0.227. The van der Waals surface area contributed by atoms with Gasteiger partial charge in [-0.25, -0.2) is 18.0 Å².